The summed E-state index contributed by atoms with van der Waals surface area (Å²) in [5, 5.41) is 13.9. The van der Waals surface area contributed by atoms with Crippen molar-refractivity contribution in [1.29, 1.82) is 0 Å². The quantitative estimate of drug-likeness (QED) is 0.636. The molecule has 142 valence electrons. The number of nitro groups is 1. The van der Waals surface area contributed by atoms with Crippen molar-refractivity contribution in [2.45, 2.75) is 27.2 Å². The van der Waals surface area contributed by atoms with Gasteiger partial charge in [-0.3, -0.25) is 19.7 Å². The second kappa shape index (κ2) is 8.16. The highest BCUT2D eigenvalue weighted by molar-refractivity contribution is 5.82. The maximum absolute atomic E-state index is 12.3. The van der Waals surface area contributed by atoms with E-state index in [1.165, 1.54) is 6.07 Å². The fourth-order valence-corrected chi connectivity index (χ4v) is 2.79. The van der Waals surface area contributed by atoms with Gasteiger partial charge in [0, 0.05) is 50.6 Å². The molecule has 1 fully saturated rings. The van der Waals surface area contributed by atoms with Gasteiger partial charge >= 0.3 is 0 Å². The zero-order valence-corrected chi connectivity index (χ0v) is 15.5. The first kappa shape index (κ1) is 19.7. The standard InChI is InChI=1S/C18H26N4O4/c1-18(2,3)17(24)19-9-8-16(23)21-12-10-20(11-13-21)14-6-4-5-7-15(14)22(25)26/h4-7H,8-13H2,1-3H3,(H,19,24). The molecule has 1 aromatic rings. The van der Waals surface area contributed by atoms with Crippen molar-refractivity contribution in [3.05, 3.63) is 34.4 Å². The lowest BCUT2D eigenvalue weighted by Gasteiger charge is -2.35. The molecule has 2 amide bonds. The molecular formula is C18H26N4O4. The van der Waals surface area contributed by atoms with Gasteiger partial charge in [0.2, 0.25) is 11.8 Å². The molecular weight excluding hydrogens is 336 g/mol. The Morgan fingerprint density at radius 1 is 1.15 bits per heavy atom. The molecule has 0 aromatic heterocycles. The number of nitrogens with one attached hydrogen (secondary N) is 1. The normalized spacial score (nSPS) is 14.9. The monoisotopic (exact) mass is 362 g/mol. The van der Waals surface area contributed by atoms with Gasteiger partial charge in [0.1, 0.15) is 5.69 Å². The van der Waals surface area contributed by atoms with Crippen molar-refractivity contribution in [3.8, 4) is 0 Å². The predicted molar refractivity (Wildman–Crippen MR) is 99.0 cm³/mol. The summed E-state index contributed by atoms with van der Waals surface area (Å²) in [6.45, 7) is 7.91. The third kappa shape index (κ3) is 4.93. The van der Waals surface area contributed by atoms with Crippen molar-refractivity contribution in [2.24, 2.45) is 5.41 Å². The summed E-state index contributed by atoms with van der Waals surface area (Å²) in [5.41, 5.74) is 0.193. The number of carbonyl (C=O) groups is 2. The van der Waals surface area contributed by atoms with Gasteiger partial charge in [0.25, 0.3) is 5.69 Å². The highest BCUT2D eigenvalue weighted by Gasteiger charge is 2.26. The zero-order valence-electron chi connectivity index (χ0n) is 15.5. The Morgan fingerprint density at radius 3 is 2.35 bits per heavy atom. The number of nitro benzene ring substituents is 1. The molecule has 1 aliphatic rings. The smallest absolute Gasteiger partial charge is 0.292 e. The van der Waals surface area contributed by atoms with Crippen molar-refractivity contribution in [3.63, 3.8) is 0 Å². The van der Waals surface area contributed by atoms with E-state index in [-0.39, 0.29) is 28.8 Å². The molecule has 0 spiro atoms. The van der Waals surface area contributed by atoms with E-state index in [4.69, 9.17) is 0 Å². The van der Waals surface area contributed by atoms with E-state index in [1.807, 2.05) is 25.7 Å². The number of rotatable bonds is 5. The summed E-state index contributed by atoms with van der Waals surface area (Å²) in [4.78, 5) is 38.6. The van der Waals surface area contributed by atoms with E-state index in [0.29, 0.717) is 38.4 Å². The number of amides is 2. The lowest BCUT2D eigenvalue weighted by atomic mass is 9.96. The van der Waals surface area contributed by atoms with Crippen LogP contribution in [0.2, 0.25) is 0 Å². The molecule has 1 heterocycles. The van der Waals surface area contributed by atoms with Gasteiger partial charge in [0.15, 0.2) is 0 Å². The fraction of sp³-hybridized carbons (Fsp3) is 0.556. The van der Waals surface area contributed by atoms with Crippen molar-refractivity contribution >= 4 is 23.2 Å². The molecule has 0 saturated carbocycles. The SMILES string of the molecule is CC(C)(C)C(=O)NCCC(=O)N1CCN(c2ccccc2[N+](=O)[O-])CC1. The Kier molecular flexibility index (Phi) is 6.18. The molecule has 0 bridgehead atoms. The molecule has 26 heavy (non-hydrogen) atoms. The van der Waals surface area contributed by atoms with E-state index in [9.17, 15) is 19.7 Å². The van der Waals surface area contributed by atoms with Crippen molar-refractivity contribution in [2.75, 3.05) is 37.6 Å². The van der Waals surface area contributed by atoms with Crippen LogP contribution in [0.25, 0.3) is 0 Å². The molecule has 1 aliphatic heterocycles. The third-order valence-electron chi connectivity index (χ3n) is 4.36. The van der Waals surface area contributed by atoms with Crippen LogP contribution < -0.4 is 10.2 Å². The van der Waals surface area contributed by atoms with Crippen LogP contribution in [-0.4, -0.2) is 54.4 Å². The number of piperazine rings is 1. The van der Waals surface area contributed by atoms with Gasteiger partial charge in [-0.1, -0.05) is 32.9 Å². The van der Waals surface area contributed by atoms with E-state index >= 15 is 0 Å². The van der Waals surface area contributed by atoms with Gasteiger partial charge in [-0.25, -0.2) is 0 Å². The van der Waals surface area contributed by atoms with E-state index in [2.05, 4.69) is 5.32 Å². The molecule has 0 aliphatic carbocycles. The minimum Gasteiger partial charge on any atom is -0.362 e. The molecule has 2 rings (SSSR count). The van der Waals surface area contributed by atoms with Crippen LogP contribution >= 0.6 is 0 Å². The van der Waals surface area contributed by atoms with Gasteiger partial charge in [-0.15, -0.1) is 0 Å². The molecule has 0 radical (unpaired) electrons. The van der Waals surface area contributed by atoms with Gasteiger partial charge in [0.05, 0.1) is 4.92 Å². The van der Waals surface area contributed by atoms with Crippen LogP contribution in [0.1, 0.15) is 27.2 Å². The van der Waals surface area contributed by atoms with Crippen LogP contribution in [0.15, 0.2) is 24.3 Å². The summed E-state index contributed by atoms with van der Waals surface area (Å²) in [6, 6.07) is 6.65. The third-order valence-corrected chi connectivity index (χ3v) is 4.36. The second-order valence-electron chi connectivity index (χ2n) is 7.37. The van der Waals surface area contributed by atoms with Crippen molar-refractivity contribution in [1.82, 2.24) is 10.2 Å². The second-order valence-corrected chi connectivity index (χ2v) is 7.37. The van der Waals surface area contributed by atoms with Gasteiger partial charge in [-0.2, -0.15) is 0 Å². The minimum absolute atomic E-state index is 0.0126. The van der Waals surface area contributed by atoms with Crippen LogP contribution in [-0.2, 0) is 9.59 Å². The molecule has 0 unspecified atom stereocenters. The summed E-state index contributed by atoms with van der Waals surface area (Å²) >= 11 is 0. The van der Waals surface area contributed by atoms with Crippen molar-refractivity contribution < 1.29 is 14.5 Å². The maximum Gasteiger partial charge on any atom is 0.292 e. The highest BCUT2D eigenvalue weighted by Crippen LogP contribution is 2.28. The number of nitrogens with zero attached hydrogens (tertiary/aromatic N) is 3. The average molecular weight is 362 g/mol. The number of para-hydroxylation sites is 2. The summed E-state index contributed by atoms with van der Waals surface area (Å²) in [6.07, 6.45) is 0.257. The van der Waals surface area contributed by atoms with Crippen LogP contribution in [0.5, 0.6) is 0 Å². The van der Waals surface area contributed by atoms with Gasteiger partial charge < -0.3 is 15.1 Å². The molecule has 1 N–H and O–H groups in total. The minimum atomic E-state index is -0.473. The summed E-state index contributed by atoms with van der Waals surface area (Å²) < 4.78 is 0. The summed E-state index contributed by atoms with van der Waals surface area (Å²) in [7, 11) is 0. The van der Waals surface area contributed by atoms with Crippen LogP contribution in [0, 0.1) is 15.5 Å². The Bertz CT molecular complexity index is 676. The number of benzene rings is 1. The first-order chi connectivity index (χ1) is 12.2. The predicted octanol–water partition coefficient (Wildman–Crippen LogP) is 1.80. The lowest BCUT2D eigenvalue weighted by Crippen LogP contribution is -2.49. The summed E-state index contributed by atoms with van der Waals surface area (Å²) in [5.74, 6) is -0.0899. The van der Waals surface area contributed by atoms with Crippen LogP contribution in [0.3, 0.4) is 0 Å². The Hall–Kier alpha value is -2.64. The van der Waals surface area contributed by atoms with Gasteiger partial charge in [-0.05, 0) is 6.07 Å². The fourth-order valence-electron chi connectivity index (χ4n) is 2.79. The molecule has 1 aromatic carbocycles. The zero-order chi connectivity index (χ0) is 19.3. The molecule has 8 heteroatoms. The highest BCUT2D eigenvalue weighted by atomic mass is 16.6. The number of carbonyl (C=O) groups excluding carboxylic acids is 2. The largest absolute Gasteiger partial charge is 0.362 e. The number of anilines is 1. The Labute approximate surface area is 153 Å². The number of hydrogen-bond acceptors (Lipinski definition) is 5. The first-order valence-corrected chi connectivity index (χ1v) is 8.74. The molecule has 1 saturated heterocycles. The average Bonchev–Trinajstić information content (AvgIpc) is 2.60. The topological polar surface area (TPSA) is 95.8 Å². The van der Waals surface area contributed by atoms with E-state index in [0.717, 1.165) is 0 Å². The molecule has 0 atom stereocenters. The Balaban J connectivity index is 1.84. The Morgan fingerprint density at radius 2 is 1.77 bits per heavy atom. The van der Waals surface area contributed by atoms with Crippen LogP contribution in [0.4, 0.5) is 11.4 Å². The van der Waals surface area contributed by atoms with E-state index in [1.54, 1.807) is 23.1 Å². The number of hydrogen-bond donors (Lipinski definition) is 1. The van der Waals surface area contributed by atoms with E-state index < -0.39 is 5.41 Å². The lowest BCUT2D eigenvalue weighted by molar-refractivity contribution is -0.384. The first-order valence-electron chi connectivity index (χ1n) is 8.74. The molecule has 8 nitrogen and oxygen atoms in total. The maximum atomic E-state index is 12.3.